The molecule has 0 unspecified atom stereocenters. The van der Waals surface area contributed by atoms with Gasteiger partial charge in [0.25, 0.3) is 5.91 Å². The smallest absolute Gasteiger partial charge is 0.410 e. The summed E-state index contributed by atoms with van der Waals surface area (Å²) in [4.78, 5) is 37.3. The van der Waals surface area contributed by atoms with E-state index in [0.717, 1.165) is 37.1 Å². The van der Waals surface area contributed by atoms with Gasteiger partial charge in [0.1, 0.15) is 18.1 Å². The quantitative estimate of drug-likeness (QED) is 0.244. The lowest BCUT2D eigenvalue weighted by molar-refractivity contribution is -0.174. The summed E-state index contributed by atoms with van der Waals surface area (Å²) in [7, 11) is 0. The first kappa shape index (κ1) is 27.8. The van der Waals surface area contributed by atoms with E-state index in [1.807, 2.05) is 0 Å². The number of carbonyl (C=O) groups is 3. The Labute approximate surface area is 205 Å². The Kier molecular flexibility index (Phi) is 8.91. The molecule has 2 saturated carbocycles. The van der Waals surface area contributed by atoms with Crippen molar-refractivity contribution in [1.29, 1.82) is 0 Å². The number of halogens is 5. The lowest BCUT2D eigenvalue weighted by atomic mass is 10.0. The van der Waals surface area contributed by atoms with E-state index >= 15 is 0 Å². The number of rotatable bonds is 15. The van der Waals surface area contributed by atoms with Crippen LogP contribution in [0.5, 0.6) is 5.75 Å². The number of ether oxygens (including phenoxy) is 1. The third-order valence-corrected chi connectivity index (χ3v) is 5.92. The third kappa shape index (κ3) is 9.03. The van der Waals surface area contributed by atoms with Crippen LogP contribution in [0, 0.1) is 11.7 Å². The van der Waals surface area contributed by atoms with E-state index in [4.69, 9.17) is 0 Å². The first-order valence-electron chi connectivity index (χ1n) is 12.0. The molecule has 2 aliphatic carbocycles. The van der Waals surface area contributed by atoms with Crippen LogP contribution >= 0.6 is 0 Å². The molecule has 2 atom stereocenters. The number of alkyl halides is 4. The van der Waals surface area contributed by atoms with E-state index in [9.17, 15) is 36.3 Å². The van der Waals surface area contributed by atoms with E-state index in [2.05, 4.69) is 20.7 Å². The van der Waals surface area contributed by atoms with Crippen LogP contribution in [-0.2, 0) is 14.4 Å². The molecule has 2 fully saturated rings. The highest BCUT2D eigenvalue weighted by Gasteiger charge is 2.43. The van der Waals surface area contributed by atoms with Gasteiger partial charge in [-0.1, -0.05) is 6.92 Å². The zero-order valence-corrected chi connectivity index (χ0v) is 19.8. The largest absolute Gasteiger partial charge is 0.432 e. The van der Waals surface area contributed by atoms with Gasteiger partial charge in [-0.05, 0) is 62.3 Å². The van der Waals surface area contributed by atoms with E-state index in [1.165, 1.54) is 6.92 Å². The van der Waals surface area contributed by atoms with Gasteiger partial charge in [-0.3, -0.25) is 19.7 Å². The predicted molar refractivity (Wildman–Crippen MR) is 119 cm³/mol. The molecule has 1 aromatic carbocycles. The van der Waals surface area contributed by atoms with E-state index in [1.54, 1.807) is 0 Å². The monoisotopic (exact) mass is 519 g/mol. The number of hydrogen-bond acceptors (Lipinski definition) is 5. The lowest BCUT2D eigenvalue weighted by Gasteiger charge is -2.27. The molecule has 0 radical (unpaired) electrons. The molecule has 0 heterocycles. The Hall–Kier alpha value is -2.76. The van der Waals surface area contributed by atoms with Gasteiger partial charge in [-0.25, -0.2) is 13.2 Å². The fourth-order valence-corrected chi connectivity index (χ4v) is 3.60. The normalized spacial score (nSPS) is 17.7. The minimum Gasteiger partial charge on any atom is -0.432 e. The van der Waals surface area contributed by atoms with Crippen LogP contribution in [0.25, 0.3) is 0 Å². The van der Waals surface area contributed by atoms with Crippen molar-refractivity contribution < 1.29 is 41.1 Å². The van der Waals surface area contributed by atoms with Crippen molar-refractivity contribution in [2.75, 3.05) is 6.54 Å². The van der Waals surface area contributed by atoms with Crippen LogP contribution in [0.3, 0.4) is 0 Å². The molecule has 2 amide bonds. The number of carbonyl (C=O) groups excluding carboxylic acids is 3. The maximum absolute atomic E-state index is 14.6. The number of nitrogens with one attached hydrogen (secondary N) is 3. The van der Waals surface area contributed by atoms with Crippen molar-refractivity contribution in [1.82, 2.24) is 16.0 Å². The second-order valence-corrected chi connectivity index (χ2v) is 9.42. The zero-order chi connectivity index (χ0) is 26.5. The van der Waals surface area contributed by atoms with Crippen molar-refractivity contribution >= 4 is 17.6 Å². The highest BCUT2D eigenvalue weighted by molar-refractivity contribution is 6.38. The molecule has 0 aliphatic heterocycles. The summed E-state index contributed by atoms with van der Waals surface area (Å²) in [6, 6.07) is 0.573. The van der Waals surface area contributed by atoms with Gasteiger partial charge in [-0.2, -0.15) is 8.78 Å². The van der Waals surface area contributed by atoms with Gasteiger partial charge in [0.15, 0.2) is 0 Å². The molecular weight excluding hydrogens is 489 g/mol. The molecule has 0 saturated heterocycles. The minimum atomic E-state index is -3.92. The molecule has 36 heavy (non-hydrogen) atoms. The highest BCUT2D eigenvalue weighted by Crippen LogP contribution is 2.41. The van der Waals surface area contributed by atoms with Gasteiger partial charge in [0, 0.05) is 18.9 Å². The molecule has 2 aliphatic rings. The van der Waals surface area contributed by atoms with E-state index < -0.39 is 66.9 Å². The van der Waals surface area contributed by atoms with Gasteiger partial charge in [-0.15, -0.1) is 0 Å². The van der Waals surface area contributed by atoms with Crippen molar-refractivity contribution in [2.45, 2.75) is 82.0 Å². The summed E-state index contributed by atoms with van der Waals surface area (Å²) in [6.07, 6.45) is -2.76. The van der Waals surface area contributed by atoms with E-state index in [-0.39, 0.29) is 24.1 Å². The SMILES string of the molecule is CC[C@H](NC(=O)[C@H](CC(F)(F)CC1CC1)NCC(F)(F)Oc1ccc(F)cc1)C(=O)C(=O)NC1CC1. The maximum Gasteiger partial charge on any atom is 0.410 e. The summed E-state index contributed by atoms with van der Waals surface area (Å²) >= 11 is 0. The van der Waals surface area contributed by atoms with Crippen LogP contribution < -0.4 is 20.7 Å². The molecule has 200 valence electrons. The lowest BCUT2D eigenvalue weighted by Crippen LogP contribution is -2.55. The van der Waals surface area contributed by atoms with E-state index in [0.29, 0.717) is 12.8 Å². The molecule has 7 nitrogen and oxygen atoms in total. The first-order valence-corrected chi connectivity index (χ1v) is 12.0. The summed E-state index contributed by atoms with van der Waals surface area (Å²) in [5.41, 5.74) is 0. The maximum atomic E-state index is 14.6. The zero-order valence-electron chi connectivity index (χ0n) is 19.8. The molecule has 0 aromatic heterocycles. The Bertz CT molecular complexity index is 936. The highest BCUT2D eigenvalue weighted by atomic mass is 19.3. The molecular formula is C24H30F5N3O4. The first-order chi connectivity index (χ1) is 16.9. The number of ketones is 1. The summed E-state index contributed by atoms with van der Waals surface area (Å²) in [5, 5.41) is 6.88. The minimum absolute atomic E-state index is 0.00230. The average Bonchev–Trinajstić information content (AvgIpc) is 3.73. The summed E-state index contributed by atoms with van der Waals surface area (Å²) in [6.45, 7) is 0.205. The number of hydrogen-bond donors (Lipinski definition) is 3. The van der Waals surface area contributed by atoms with Gasteiger partial charge < -0.3 is 15.4 Å². The Morgan fingerprint density at radius 3 is 2.22 bits per heavy atom. The Morgan fingerprint density at radius 1 is 1.03 bits per heavy atom. The topological polar surface area (TPSA) is 96.5 Å². The van der Waals surface area contributed by atoms with Crippen molar-refractivity contribution in [3.05, 3.63) is 30.1 Å². The number of amides is 2. The van der Waals surface area contributed by atoms with Crippen LogP contribution in [0.2, 0.25) is 0 Å². The number of Topliss-reactive ketones (excluding diaryl/α,β-unsaturated/α-hetero) is 1. The van der Waals surface area contributed by atoms with Gasteiger partial charge >= 0.3 is 6.11 Å². The molecule has 0 spiro atoms. The van der Waals surface area contributed by atoms with Crippen LogP contribution in [-0.4, -0.2) is 54.3 Å². The molecule has 1 aromatic rings. The molecule has 0 bridgehead atoms. The summed E-state index contributed by atoms with van der Waals surface area (Å²) < 4.78 is 75.4. The predicted octanol–water partition coefficient (Wildman–Crippen LogP) is 3.32. The van der Waals surface area contributed by atoms with Gasteiger partial charge in [0.2, 0.25) is 17.6 Å². The Balaban J connectivity index is 1.65. The summed E-state index contributed by atoms with van der Waals surface area (Å²) in [5.74, 6) is -7.48. The average molecular weight is 520 g/mol. The third-order valence-electron chi connectivity index (χ3n) is 5.92. The fourth-order valence-electron chi connectivity index (χ4n) is 3.60. The fraction of sp³-hybridized carbons (Fsp3) is 0.625. The molecule has 3 N–H and O–H groups in total. The van der Waals surface area contributed by atoms with Crippen LogP contribution in [0.4, 0.5) is 22.0 Å². The standard InChI is InChI=1S/C24H30F5N3O4/c1-2-18(20(33)22(35)31-16-7-8-16)32-21(34)19(12-23(26,27)11-14-3-4-14)30-13-24(28,29)36-17-9-5-15(25)6-10-17/h5-6,9-10,14,16,18-19,30H,2-4,7-8,11-13H2,1H3,(H,31,35)(H,32,34)/t18-,19-/m0/s1. The van der Waals surface area contributed by atoms with Crippen LogP contribution in [0.1, 0.15) is 51.9 Å². The van der Waals surface area contributed by atoms with Crippen LogP contribution in [0.15, 0.2) is 24.3 Å². The van der Waals surface area contributed by atoms with Gasteiger partial charge in [0.05, 0.1) is 12.1 Å². The van der Waals surface area contributed by atoms with Crippen molar-refractivity contribution in [3.8, 4) is 5.75 Å². The Morgan fingerprint density at radius 2 is 1.67 bits per heavy atom. The molecule has 12 heteroatoms. The van der Waals surface area contributed by atoms with Crippen molar-refractivity contribution in [3.63, 3.8) is 0 Å². The molecule has 3 rings (SSSR count). The second kappa shape index (κ2) is 11.5. The van der Waals surface area contributed by atoms with Crippen molar-refractivity contribution in [2.24, 2.45) is 5.92 Å². The number of benzene rings is 1. The second-order valence-electron chi connectivity index (χ2n) is 9.42.